The van der Waals surface area contributed by atoms with Crippen LogP contribution in [0.25, 0.3) is 0 Å². The van der Waals surface area contributed by atoms with Crippen molar-refractivity contribution >= 4 is 46.3 Å². The molecule has 33 heavy (non-hydrogen) atoms. The van der Waals surface area contributed by atoms with Crippen molar-refractivity contribution < 1.29 is 27.6 Å². The van der Waals surface area contributed by atoms with Crippen LogP contribution in [0.3, 0.4) is 0 Å². The molecule has 0 fully saturated rings. The Labute approximate surface area is 189 Å². The molecule has 0 atom stereocenters. The first-order chi connectivity index (χ1) is 15.6. The van der Waals surface area contributed by atoms with Crippen molar-refractivity contribution in [2.75, 3.05) is 17.2 Å². The third kappa shape index (κ3) is 5.66. The van der Waals surface area contributed by atoms with Crippen LogP contribution in [0.5, 0.6) is 0 Å². The third-order valence-corrected chi connectivity index (χ3v) is 4.54. The van der Waals surface area contributed by atoms with E-state index in [1.165, 1.54) is 24.3 Å². The standard InChI is InChI=1S/C20H15ClF3N5O4/c1-2-33-19(30)11-3-6-13(7-4-11)27-17-16(29(31)32)18(26-10-25-17)28-15-9-12(20(22,23)24)5-8-14(15)21/h3-10H,2H2,1H3,(H2,25,26,27,28). The number of rotatable bonds is 7. The normalized spacial score (nSPS) is 11.1. The average molecular weight is 482 g/mol. The van der Waals surface area contributed by atoms with Gasteiger partial charge in [0.25, 0.3) is 0 Å². The Morgan fingerprint density at radius 1 is 1.12 bits per heavy atom. The first-order valence-electron chi connectivity index (χ1n) is 9.27. The summed E-state index contributed by atoms with van der Waals surface area (Å²) < 4.78 is 44.0. The summed E-state index contributed by atoms with van der Waals surface area (Å²) in [5, 5.41) is 16.8. The number of esters is 1. The molecule has 0 aliphatic heterocycles. The van der Waals surface area contributed by atoms with Crippen molar-refractivity contribution in [3.8, 4) is 0 Å². The maximum Gasteiger partial charge on any atom is 0.416 e. The molecule has 0 radical (unpaired) electrons. The summed E-state index contributed by atoms with van der Waals surface area (Å²) >= 11 is 5.96. The number of nitro groups is 1. The summed E-state index contributed by atoms with van der Waals surface area (Å²) in [6, 6.07) is 8.39. The highest BCUT2D eigenvalue weighted by Crippen LogP contribution is 2.38. The second kappa shape index (κ2) is 9.69. The predicted molar refractivity (Wildman–Crippen MR) is 114 cm³/mol. The lowest BCUT2D eigenvalue weighted by Crippen LogP contribution is -2.08. The van der Waals surface area contributed by atoms with Crippen molar-refractivity contribution in [2.24, 2.45) is 0 Å². The quantitative estimate of drug-likeness (QED) is 0.250. The number of nitrogens with one attached hydrogen (secondary N) is 2. The zero-order valence-corrected chi connectivity index (χ0v) is 17.6. The highest BCUT2D eigenvalue weighted by atomic mass is 35.5. The number of halogens is 4. The van der Waals surface area contributed by atoms with Gasteiger partial charge in [-0.2, -0.15) is 13.2 Å². The number of anilines is 4. The van der Waals surface area contributed by atoms with Gasteiger partial charge in [-0.3, -0.25) is 10.1 Å². The summed E-state index contributed by atoms with van der Waals surface area (Å²) in [5.41, 5.74) is -1.21. The Hall–Kier alpha value is -3.93. The Morgan fingerprint density at radius 2 is 1.76 bits per heavy atom. The molecule has 0 amide bonds. The van der Waals surface area contributed by atoms with Crippen LogP contribution in [0.2, 0.25) is 5.02 Å². The fraction of sp³-hybridized carbons (Fsp3) is 0.150. The number of carbonyl (C=O) groups is 1. The Balaban J connectivity index is 1.93. The number of ether oxygens (including phenoxy) is 1. The molecule has 0 aliphatic rings. The van der Waals surface area contributed by atoms with Crippen LogP contribution in [-0.4, -0.2) is 27.5 Å². The van der Waals surface area contributed by atoms with Gasteiger partial charge in [-0.1, -0.05) is 11.6 Å². The number of nitrogens with zero attached hydrogens (tertiary/aromatic N) is 3. The zero-order valence-electron chi connectivity index (χ0n) is 16.8. The van der Waals surface area contributed by atoms with E-state index < -0.39 is 28.3 Å². The summed E-state index contributed by atoms with van der Waals surface area (Å²) in [6.07, 6.45) is -3.65. The highest BCUT2D eigenvalue weighted by Gasteiger charge is 2.31. The van der Waals surface area contributed by atoms with E-state index in [0.29, 0.717) is 5.69 Å². The molecule has 1 aromatic heterocycles. The van der Waals surface area contributed by atoms with Crippen molar-refractivity contribution in [1.82, 2.24) is 9.97 Å². The summed E-state index contributed by atoms with van der Waals surface area (Å²) in [7, 11) is 0. The Bertz CT molecular complexity index is 1190. The minimum absolute atomic E-state index is 0.0972. The van der Waals surface area contributed by atoms with Gasteiger partial charge in [0, 0.05) is 5.69 Å². The molecule has 0 saturated carbocycles. The van der Waals surface area contributed by atoms with E-state index in [4.69, 9.17) is 16.3 Å². The van der Waals surface area contributed by atoms with E-state index in [9.17, 15) is 28.1 Å². The van der Waals surface area contributed by atoms with Crippen LogP contribution in [0.15, 0.2) is 48.8 Å². The van der Waals surface area contributed by atoms with Gasteiger partial charge in [-0.15, -0.1) is 0 Å². The van der Waals surface area contributed by atoms with Crippen LogP contribution in [0.1, 0.15) is 22.8 Å². The van der Waals surface area contributed by atoms with Crippen LogP contribution in [-0.2, 0) is 10.9 Å². The van der Waals surface area contributed by atoms with Gasteiger partial charge in [-0.25, -0.2) is 14.8 Å². The lowest BCUT2D eigenvalue weighted by atomic mass is 10.2. The molecular formula is C20H15ClF3N5O4. The second-order valence-electron chi connectivity index (χ2n) is 6.42. The van der Waals surface area contributed by atoms with Gasteiger partial charge in [0.15, 0.2) is 0 Å². The van der Waals surface area contributed by atoms with E-state index >= 15 is 0 Å². The average Bonchev–Trinajstić information content (AvgIpc) is 2.75. The van der Waals surface area contributed by atoms with E-state index in [-0.39, 0.29) is 34.5 Å². The number of hydrogen-bond donors (Lipinski definition) is 2. The molecule has 0 spiro atoms. The third-order valence-electron chi connectivity index (χ3n) is 4.21. The summed E-state index contributed by atoms with van der Waals surface area (Å²) in [4.78, 5) is 30.3. The molecule has 9 nitrogen and oxygen atoms in total. The maximum atomic E-state index is 13.0. The van der Waals surface area contributed by atoms with Crippen molar-refractivity contribution in [3.05, 3.63) is 75.1 Å². The molecule has 13 heteroatoms. The number of benzene rings is 2. The van der Waals surface area contributed by atoms with Gasteiger partial charge in [0.2, 0.25) is 11.6 Å². The Morgan fingerprint density at radius 3 is 2.33 bits per heavy atom. The number of hydrogen-bond acceptors (Lipinski definition) is 8. The number of carbonyl (C=O) groups excluding carboxylic acids is 1. The van der Waals surface area contributed by atoms with Crippen molar-refractivity contribution in [2.45, 2.75) is 13.1 Å². The fourth-order valence-corrected chi connectivity index (χ4v) is 2.87. The monoisotopic (exact) mass is 481 g/mol. The van der Waals surface area contributed by atoms with Gasteiger partial charge in [-0.05, 0) is 49.4 Å². The number of aromatic nitrogens is 2. The molecule has 0 saturated heterocycles. The second-order valence-corrected chi connectivity index (χ2v) is 6.82. The first-order valence-corrected chi connectivity index (χ1v) is 9.65. The molecular weight excluding hydrogens is 467 g/mol. The largest absolute Gasteiger partial charge is 0.462 e. The van der Waals surface area contributed by atoms with Crippen LogP contribution in [0.4, 0.5) is 41.9 Å². The minimum Gasteiger partial charge on any atom is -0.462 e. The fourth-order valence-electron chi connectivity index (χ4n) is 2.70. The molecule has 172 valence electrons. The molecule has 0 bridgehead atoms. The number of alkyl halides is 3. The topological polar surface area (TPSA) is 119 Å². The smallest absolute Gasteiger partial charge is 0.416 e. The summed E-state index contributed by atoms with van der Waals surface area (Å²) in [6.45, 7) is 1.87. The van der Waals surface area contributed by atoms with Crippen LogP contribution >= 0.6 is 11.6 Å². The summed E-state index contributed by atoms with van der Waals surface area (Å²) in [5.74, 6) is -1.13. The molecule has 0 aliphatic carbocycles. The molecule has 1 heterocycles. The predicted octanol–water partition coefficient (Wildman–Crippen LogP) is 5.72. The zero-order chi connectivity index (χ0) is 24.2. The SMILES string of the molecule is CCOC(=O)c1ccc(Nc2ncnc(Nc3cc(C(F)(F)F)ccc3Cl)c2[N+](=O)[O-])cc1. The van der Waals surface area contributed by atoms with E-state index in [1.807, 2.05) is 0 Å². The lowest BCUT2D eigenvalue weighted by molar-refractivity contribution is -0.383. The highest BCUT2D eigenvalue weighted by molar-refractivity contribution is 6.33. The van der Waals surface area contributed by atoms with Gasteiger partial charge >= 0.3 is 17.8 Å². The van der Waals surface area contributed by atoms with Gasteiger partial charge < -0.3 is 15.4 Å². The van der Waals surface area contributed by atoms with Gasteiger partial charge in [0.05, 0.1) is 33.4 Å². The Kier molecular flexibility index (Phi) is 6.97. The lowest BCUT2D eigenvalue weighted by Gasteiger charge is -2.13. The molecule has 2 aromatic carbocycles. The van der Waals surface area contributed by atoms with E-state index in [1.54, 1.807) is 6.92 Å². The van der Waals surface area contributed by atoms with Crippen molar-refractivity contribution in [1.29, 1.82) is 0 Å². The van der Waals surface area contributed by atoms with Gasteiger partial charge in [0.1, 0.15) is 6.33 Å². The molecule has 0 unspecified atom stereocenters. The first kappa shape index (κ1) is 23.7. The maximum absolute atomic E-state index is 13.0. The van der Waals surface area contributed by atoms with E-state index in [2.05, 4.69) is 20.6 Å². The molecule has 3 rings (SSSR count). The molecule has 2 N–H and O–H groups in total. The minimum atomic E-state index is -4.64. The van der Waals surface area contributed by atoms with Crippen LogP contribution in [0, 0.1) is 10.1 Å². The van der Waals surface area contributed by atoms with E-state index in [0.717, 1.165) is 24.5 Å². The van der Waals surface area contributed by atoms with Crippen LogP contribution < -0.4 is 10.6 Å². The molecule has 3 aromatic rings. The van der Waals surface area contributed by atoms with Crippen molar-refractivity contribution in [3.63, 3.8) is 0 Å².